The lowest BCUT2D eigenvalue weighted by atomic mass is 9.91. The first-order chi connectivity index (χ1) is 8.70. The summed E-state index contributed by atoms with van der Waals surface area (Å²) in [5.41, 5.74) is 9.08. The molecule has 2 rings (SSSR count). The van der Waals surface area contributed by atoms with Crippen LogP contribution in [0.1, 0.15) is 32.4 Å². The molecule has 0 fully saturated rings. The Morgan fingerprint density at radius 2 is 2.28 bits per heavy atom. The van der Waals surface area contributed by atoms with Gasteiger partial charge in [-0.05, 0) is 36.5 Å². The van der Waals surface area contributed by atoms with Crippen molar-refractivity contribution >= 4 is 11.5 Å². The highest BCUT2D eigenvalue weighted by Crippen LogP contribution is 2.29. The Morgan fingerprint density at radius 3 is 2.94 bits per heavy atom. The summed E-state index contributed by atoms with van der Waals surface area (Å²) in [6.07, 6.45) is 8.11. The first kappa shape index (κ1) is 12.6. The predicted molar refractivity (Wildman–Crippen MR) is 74.6 cm³/mol. The molecule has 0 saturated carbocycles. The van der Waals surface area contributed by atoms with E-state index in [0.717, 1.165) is 25.1 Å². The zero-order valence-electron chi connectivity index (χ0n) is 11.0. The third-order valence-corrected chi connectivity index (χ3v) is 3.10. The van der Waals surface area contributed by atoms with Gasteiger partial charge < -0.3 is 11.1 Å². The number of aromatic nitrogens is 2. The van der Waals surface area contributed by atoms with E-state index in [2.05, 4.69) is 41.3 Å². The lowest BCUT2D eigenvalue weighted by molar-refractivity contribution is 0.606. The maximum atomic E-state index is 5.62. The van der Waals surface area contributed by atoms with E-state index in [1.165, 1.54) is 11.3 Å². The summed E-state index contributed by atoms with van der Waals surface area (Å²) in [4.78, 5) is 8.19. The van der Waals surface area contributed by atoms with Crippen LogP contribution in [0.4, 0.5) is 5.95 Å². The molecule has 0 aromatic carbocycles. The number of nitrogens with two attached hydrogens (primary N) is 1. The molecule has 1 unspecified atom stereocenters. The van der Waals surface area contributed by atoms with E-state index in [1.54, 1.807) is 6.20 Å². The molecule has 1 aromatic rings. The normalized spacial score (nSPS) is 19.1. The van der Waals surface area contributed by atoms with Crippen LogP contribution in [0.5, 0.6) is 0 Å². The van der Waals surface area contributed by atoms with Gasteiger partial charge in [-0.15, -0.1) is 0 Å². The van der Waals surface area contributed by atoms with Crippen LogP contribution in [0, 0.1) is 5.92 Å². The summed E-state index contributed by atoms with van der Waals surface area (Å²) in [6.45, 7) is 5.43. The Bertz CT molecular complexity index is 476. The van der Waals surface area contributed by atoms with Crippen molar-refractivity contribution in [1.82, 2.24) is 15.3 Å². The minimum absolute atomic E-state index is 0.333. The number of nitrogens with one attached hydrogen (secondary N) is 1. The van der Waals surface area contributed by atoms with Crippen LogP contribution in [0.15, 0.2) is 30.1 Å². The van der Waals surface area contributed by atoms with Crippen LogP contribution in [-0.2, 0) is 0 Å². The highest BCUT2D eigenvalue weighted by molar-refractivity contribution is 5.66. The number of allylic oxidation sites excluding steroid dienone is 4. The van der Waals surface area contributed by atoms with E-state index in [9.17, 15) is 0 Å². The first-order valence-electron chi connectivity index (χ1n) is 6.44. The van der Waals surface area contributed by atoms with Crippen molar-refractivity contribution in [1.29, 1.82) is 0 Å². The second-order valence-electron chi connectivity index (χ2n) is 4.65. The smallest absolute Gasteiger partial charge is 0.220 e. The molecule has 1 heterocycles. The molecule has 1 aliphatic carbocycles. The Kier molecular flexibility index (Phi) is 3.97. The maximum absolute atomic E-state index is 5.62. The van der Waals surface area contributed by atoms with Gasteiger partial charge in [-0.25, -0.2) is 9.97 Å². The average molecular weight is 244 g/mol. The quantitative estimate of drug-likeness (QED) is 0.853. The number of hydrogen-bond acceptors (Lipinski definition) is 4. The molecular formula is C14H20N4. The van der Waals surface area contributed by atoms with Crippen LogP contribution >= 0.6 is 0 Å². The summed E-state index contributed by atoms with van der Waals surface area (Å²) < 4.78 is 0. The Balaban J connectivity index is 2.17. The van der Waals surface area contributed by atoms with Crippen molar-refractivity contribution in [3.8, 4) is 0 Å². The summed E-state index contributed by atoms with van der Waals surface area (Å²) in [5.74, 6) is 0.827. The molecule has 0 radical (unpaired) electrons. The molecule has 1 aromatic heterocycles. The largest absolute Gasteiger partial charge is 0.388 e. The first-order valence-corrected chi connectivity index (χ1v) is 6.44. The fourth-order valence-corrected chi connectivity index (χ4v) is 2.11. The monoisotopic (exact) mass is 244 g/mol. The number of rotatable bonds is 4. The number of anilines is 1. The van der Waals surface area contributed by atoms with Gasteiger partial charge in [0.2, 0.25) is 5.95 Å². The van der Waals surface area contributed by atoms with Crippen molar-refractivity contribution in [3.63, 3.8) is 0 Å². The molecule has 1 aliphatic rings. The summed E-state index contributed by atoms with van der Waals surface area (Å²) >= 11 is 0. The van der Waals surface area contributed by atoms with Gasteiger partial charge >= 0.3 is 0 Å². The van der Waals surface area contributed by atoms with Gasteiger partial charge in [0.25, 0.3) is 0 Å². The molecule has 4 nitrogen and oxygen atoms in total. The summed E-state index contributed by atoms with van der Waals surface area (Å²) in [7, 11) is 0. The highest BCUT2D eigenvalue weighted by Gasteiger charge is 2.16. The van der Waals surface area contributed by atoms with Crippen LogP contribution in [0.3, 0.4) is 0 Å². The van der Waals surface area contributed by atoms with E-state index < -0.39 is 0 Å². The standard InChI is InChI=1S/C14H20N4/c1-3-7-16-12-5-4-11(9-10(12)2)13-6-8-17-14(15)18-13/h4-6,8,10,16H,3,7,9H2,1-2H3,(H2,15,17,18). The van der Waals surface area contributed by atoms with Gasteiger partial charge in [0.1, 0.15) is 0 Å². The van der Waals surface area contributed by atoms with Crippen molar-refractivity contribution in [2.45, 2.75) is 26.7 Å². The van der Waals surface area contributed by atoms with E-state index >= 15 is 0 Å². The Labute approximate surface area is 108 Å². The lowest BCUT2D eigenvalue weighted by Gasteiger charge is -2.22. The highest BCUT2D eigenvalue weighted by atomic mass is 15.0. The zero-order valence-corrected chi connectivity index (χ0v) is 11.0. The van der Waals surface area contributed by atoms with Gasteiger partial charge in [0.15, 0.2) is 0 Å². The minimum atomic E-state index is 0.333. The molecule has 0 amide bonds. The zero-order chi connectivity index (χ0) is 13.0. The molecule has 4 heteroatoms. The Morgan fingerprint density at radius 1 is 1.44 bits per heavy atom. The molecule has 18 heavy (non-hydrogen) atoms. The molecule has 1 atom stereocenters. The predicted octanol–water partition coefficient (Wildman–Crippen LogP) is 2.37. The molecule has 0 aliphatic heterocycles. The van der Waals surface area contributed by atoms with Gasteiger partial charge in [-0.3, -0.25) is 0 Å². The second kappa shape index (κ2) is 5.67. The van der Waals surface area contributed by atoms with Crippen molar-refractivity contribution in [3.05, 3.63) is 35.8 Å². The van der Waals surface area contributed by atoms with Crippen molar-refractivity contribution in [2.24, 2.45) is 5.92 Å². The van der Waals surface area contributed by atoms with E-state index in [1.807, 2.05) is 6.07 Å². The van der Waals surface area contributed by atoms with Gasteiger partial charge in [-0.2, -0.15) is 0 Å². The fourth-order valence-electron chi connectivity index (χ4n) is 2.11. The molecule has 0 spiro atoms. The van der Waals surface area contributed by atoms with Gasteiger partial charge in [-0.1, -0.05) is 19.9 Å². The van der Waals surface area contributed by atoms with Crippen LogP contribution in [0.25, 0.3) is 5.57 Å². The molecule has 96 valence electrons. The van der Waals surface area contributed by atoms with Gasteiger partial charge in [0, 0.05) is 18.4 Å². The summed E-state index contributed by atoms with van der Waals surface area (Å²) in [6, 6.07) is 1.91. The average Bonchev–Trinajstić information content (AvgIpc) is 2.37. The minimum Gasteiger partial charge on any atom is -0.388 e. The van der Waals surface area contributed by atoms with E-state index in [0.29, 0.717) is 11.9 Å². The maximum Gasteiger partial charge on any atom is 0.220 e. The lowest BCUT2D eigenvalue weighted by Crippen LogP contribution is -2.21. The van der Waals surface area contributed by atoms with Crippen LogP contribution in [0.2, 0.25) is 0 Å². The topological polar surface area (TPSA) is 63.8 Å². The summed E-state index contributed by atoms with van der Waals surface area (Å²) in [5, 5.41) is 3.46. The van der Waals surface area contributed by atoms with Gasteiger partial charge in [0.05, 0.1) is 5.69 Å². The second-order valence-corrected chi connectivity index (χ2v) is 4.65. The van der Waals surface area contributed by atoms with E-state index in [4.69, 9.17) is 5.73 Å². The fraction of sp³-hybridized carbons (Fsp3) is 0.429. The van der Waals surface area contributed by atoms with Crippen LogP contribution < -0.4 is 11.1 Å². The molecular weight excluding hydrogens is 224 g/mol. The third kappa shape index (κ3) is 2.88. The SMILES string of the molecule is CCCNC1=CC=C(c2ccnc(N)n2)CC1C. The number of nitrogens with zero attached hydrogens (tertiary/aromatic N) is 2. The third-order valence-electron chi connectivity index (χ3n) is 3.10. The van der Waals surface area contributed by atoms with E-state index in [-0.39, 0.29) is 0 Å². The Hall–Kier alpha value is -1.84. The number of nitrogen functional groups attached to an aromatic ring is 1. The van der Waals surface area contributed by atoms with Crippen molar-refractivity contribution < 1.29 is 0 Å². The van der Waals surface area contributed by atoms with Crippen LogP contribution in [-0.4, -0.2) is 16.5 Å². The molecule has 0 saturated heterocycles. The molecule has 3 N–H and O–H groups in total. The van der Waals surface area contributed by atoms with Crippen molar-refractivity contribution in [2.75, 3.05) is 12.3 Å². The molecule has 0 bridgehead atoms. The number of hydrogen-bond donors (Lipinski definition) is 2.